The second-order valence-corrected chi connectivity index (χ2v) is 7.20. The van der Waals surface area contributed by atoms with E-state index in [4.69, 9.17) is 0 Å². The summed E-state index contributed by atoms with van der Waals surface area (Å²) in [5, 5.41) is 0. The number of amides is 2. The lowest BCUT2D eigenvalue weighted by molar-refractivity contribution is -0.124. The van der Waals surface area contributed by atoms with Crippen LogP contribution in [0.4, 0.5) is 5.69 Å². The van der Waals surface area contributed by atoms with E-state index in [1.165, 1.54) is 12.0 Å². The number of anilines is 1. The minimum atomic E-state index is -0.434. The van der Waals surface area contributed by atoms with Crippen molar-refractivity contribution < 1.29 is 19.1 Å². The zero-order valence-electron chi connectivity index (χ0n) is 13.2. The number of nitrogens with zero attached hydrogens (tertiary/aromatic N) is 1. The fourth-order valence-electron chi connectivity index (χ4n) is 5.08. The van der Waals surface area contributed by atoms with Gasteiger partial charge in [-0.15, -0.1) is 0 Å². The molecular weight excluding hydrogens is 306 g/mol. The molecule has 5 aliphatic rings. The largest absolute Gasteiger partial charge is 0.465 e. The molecular formula is C19H17NO4. The Morgan fingerprint density at radius 1 is 1.00 bits per heavy atom. The zero-order valence-corrected chi connectivity index (χ0v) is 13.2. The first-order valence-electron chi connectivity index (χ1n) is 8.36. The van der Waals surface area contributed by atoms with Gasteiger partial charge in [-0.1, -0.05) is 12.2 Å². The Morgan fingerprint density at radius 2 is 1.54 bits per heavy atom. The van der Waals surface area contributed by atoms with Crippen LogP contribution in [0.5, 0.6) is 0 Å². The first-order chi connectivity index (χ1) is 11.6. The maximum Gasteiger partial charge on any atom is 0.337 e. The van der Waals surface area contributed by atoms with Crippen LogP contribution < -0.4 is 4.90 Å². The molecule has 2 amide bonds. The molecule has 1 aromatic rings. The first kappa shape index (κ1) is 14.0. The molecule has 24 heavy (non-hydrogen) atoms. The second-order valence-electron chi connectivity index (χ2n) is 7.20. The molecule has 1 saturated heterocycles. The third-order valence-corrected chi connectivity index (χ3v) is 6.21. The van der Waals surface area contributed by atoms with Crippen LogP contribution in [-0.4, -0.2) is 24.9 Å². The molecule has 0 radical (unpaired) electrons. The van der Waals surface area contributed by atoms with Gasteiger partial charge in [0.25, 0.3) is 0 Å². The maximum absolute atomic E-state index is 13.0. The number of allylic oxidation sites excluding steroid dienone is 2. The van der Waals surface area contributed by atoms with Gasteiger partial charge in [0.15, 0.2) is 0 Å². The third kappa shape index (κ3) is 1.62. The molecule has 0 aromatic heterocycles. The first-order valence-corrected chi connectivity index (χ1v) is 8.36. The topological polar surface area (TPSA) is 63.7 Å². The van der Waals surface area contributed by atoms with Crippen LogP contribution in [0.3, 0.4) is 0 Å². The van der Waals surface area contributed by atoms with Crippen LogP contribution in [0.15, 0.2) is 36.4 Å². The van der Waals surface area contributed by atoms with Crippen LogP contribution in [0.2, 0.25) is 0 Å². The van der Waals surface area contributed by atoms with Crippen molar-refractivity contribution in [2.24, 2.45) is 35.5 Å². The standard InChI is InChI=1S/C19H17NO4/c1-24-19(23)9-2-4-10(5-3-9)20-17(21)15-11-6-7-12(14-8-13(11)14)16(15)18(20)22/h2-7,11-16H,8H2,1H3/t11-,12-,13-,14+,15+,16-/m1/s1. The van der Waals surface area contributed by atoms with Gasteiger partial charge in [0.05, 0.1) is 30.2 Å². The molecule has 2 bridgehead atoms. The molecule has 0 N–H and O–H groups in total. The van der Waals surface area contributed by atoms with Gasteiger partial charge >= 0.3 is 5.97 Å². The second kappa shape index (κ2) is 4.56. The van der Waals surface area contributed by atoms with Crippen molar-refractivity contribution in [2.45, 2.75) is 6.42 Å². The highest BCUT2D eigenvalue weighted by molar-refractivity contribution is 6.22. The maximum atomic E-state index is 13.0. The summed E-state index contributed by atoms with van der Waals surface area (Å²) in [6.45, 7) is 0. The zero-order chi connectivity index (χ0) is 16.6. The highest BCUT2D eigenvalue weighted by Crippen LogP contribution is 2.65. The van der Waals surface area contributed by atoms with Gasteiger partial charge < -0.3 is 4.74 Å². The van der Waals surface area contributed by atoms with E-state index >= 15 is 0 Å². The van der Waals surface area contributed by atoms with Gasteiger partial charge in [-0.05, 0) is 54.4 Å². The number of benzene rings is 1. The molecule has 4 aliphatic carbocycles. The highest BCUT2D eigenvalue weighted by atomic mass is 16.5. The van der Waals surface area contributed by atoms with Crippen LogP contribution in [-0.2, 0) is 14.3 Å². The number of carbonyl (C=O) groups excluding carboxylic acids is 3. The average Bonchev–Trinajstić information content (AvgIpc) is 3.39. The summed E-state index contributed by atoms with van der Waals surface area (Å²) >= 11 is 0. The summed E-state index contributed by atoms with van der Waals surface area (Å²) < 4.78 is 4.68. The van der Waals surface area contributed by atoms with Gasteiger partial charge in [0.1, 0.15) is 0 Å². The van der Waals surface area contributed by atoms with Crippen molar-refractivity contribution in [2.75, 3.05) is 12.0 Å². The van der Waals surface area contributed by atoms with Gasteiger partial charge in [-0.2, -0.15) is 0 Å². The van der Waals surface area contributed by atoms with Crippen molar-refractivity contribution in [3.8, 4) is 0 Å². The Kier molecular flexibility index (Phi) is 2.65. The van der Waals surface area contributed by atoms with E-state index < -0.39 is 5.97 Å². The van der Waals surface area contributed by atoms with Gasteiger partial charge in [0, 0.05) is 0 Å². The fraction of sp³-hybridized carbons (Fsp3) is 0.421. The summed E-state index contributed by atoms with van der Waals surface area (Å²) in [5.74, 6) is 0.645. The van der Waals surface area contributed by atoms with E-state index in [1.807, 2.05) is 0 Å². The minimum absolute atomic E-state index is 0.0829. The SMILES string of the molecule is COC(=O)c1ccc(N2C(=O)[C@@H]3[C@@H]4C=C[C@H]([C@H]5C[C@@H]45)[C@@H]3C2=O)cc1. The van der Waals surface area contributed by atoms with Crippen LogP contribution in [0.1, 0.15) is 16.8 Å². The van der Waals surface area contributed by atoms with E-state index in [2.05, 4.69) is 16.9 Å². The monoisotopic (exact) mass is 323 g/mol. The van der Waals surface area contributed by atoms with Crippen LogP contribution in [0.25, 0.3) is 0 Å². The lowest BCUT2D eigenvalue weighted by atomic mass is 9.63. The Labute approximate surface area is 139 Å². The molecule has 1 aliphatic heterocycles. The van der Waals surface area contributed by atoms with Gasteiger partial charge in [0.2, 0.25) is 11.8 Å². The number of methoxy groups -OCH3 is 1. The molecule has 6 atom stereocenters. The van der Waals surface area contributed by atoms with Gasteiger partial charge in [-0.25, -0.2) is 4.79 Å². The number of carbonyl (C=O) groups is 3. The molecule has 0 spiro atoms. The van der Waals surface area contributed by atoms with Gasteiger partial charge in [-0.3, -0.25) is 14.5 Å². The number of ether oxygens (including phenoxy) is 1. The van der Waals surface area contributed by atoms with Crippen molar-refractivity contribution in [3.05, 3.63) is 42.0 Å². The molecule has 6 rings (SSSR count). The number of rotatable bonds is 2. The van der Waals surface area contributed by atoms with Crippen molar-refractivity contribution in [3.63, 3.8) is 0 Å². The lowest BCUT2D eigenvalue weighted by Crippen LogP contribution is -2.40. The Hall–Kier alpha value is -2.43. The van der Waals surface area contributed by atoms with E-state index in [0.29, 0.717) is 23.1 Å². The Morgan fingerprint density at radius 3 is 2.04 bits per heavy atom. The van der Waals surface area contributed by atoms with E-state index in [0.717, 1.165) is 6.42 Å². The smallest absolute Gasteiger partial charge is 0.337 e. The van der Waals surface area contributed by atoms with Crippen molar-refractivity contribution in [1.29, 1.82) is 0 Å². The number of esters is 1. The molecule has 5 nitrogen and oxygen atoms in total. The summed E-state index contributed by atoms with van der Waals surface area (Å²) in [4.78, 5) is 38.8. The molecule has 5 heteroatoms. The van der Waals surface area contributed by atoms with Crippen molar-refractivity contribution >= 4 is 23.5 Å². The number of hydrogen-bond donors (Lipinski definition) is 0. The highest BCUT2D eigenvalue weighted by Gasteiger charge is 2.67. The predicted octanol–water partition coefficient (Wildman–Crippen LogP) is 2.03. The molecule has 122 valence electrons. The average molecular weight is 323 g/mol. The molecule has 1 aromatic carbocycles. The fourth-order valence-corrected chi connectivity index (χ4v) is 5.08. The predicted molar refractivity (Wildman–Crippen MR) is 85.0 cm³/mol. The summed E-state index contributed by atoms with van der Waals surface area (Å²) in [5.41, 5.74) is 0.945. The summed E-state index contributed by atoms with van der Waals surface area (Å²) in [6, 6.07) is 6.48. The van der Waals surface area contributed by atoms with E-state index in [9.17, 15) is 14.4 Å². The third-order valence-electron chi connectivity index (χ3n) is 6.21. The van der Waals surface area contributed by atoms with E-state index in [1.54, 1.807) is 24.3 Å². The Balaban J connectivity index is 1.49. The van der Waals surface area contributed by atoms with E-state index in [-0.39, 0.29) is 35.5 Å². The number of imide groups is 1. The molecule has 0 unspecified atom stereocenters. The summed E-state index contributed by atoms with van der Waals surface area (Å²) in [7, 11) is 1.32. The number of hydrogen-bond acceptors (Lipinski definition) is 4. The lowest BCUT2D eigenvalue weighted by Gasteiger charge is -2.37. The van der Waals surface area contributed by atoms with Crippen LogP contribution >= 0.6 is 0 Å². The van der Waals surface area contributed by atoms with Crippen LogP contribution in [0, 0.1) is 35.5 Å². The van der Waals surface area contributed by atoms with Crippen molar-refractivity contribution in [1.82, 2.24) is 0 Å². The minimum Gasteiger partial charge on any atom is -0.465 e. The quantitative estimate of drug-likeness (QED) is 0.475. The molecule has 3 fully saturated rings. The Bertz CT molecular complexity index is 760. The normalized spacial score (nSPS) is 38.1. The summed E-state index contributed by atoms with van der Waals surface area (Å²) in [6.07, 6.45) is 5.48. The molecule has 1 heterocycles. The molecule has 2 saturated carbocycles.